The zero-order valence-electron chi connectivity index (χ0n) is 7.72. The summed E-state index contributed by atoms with van der Waals surface area (Å²) in [5.74, 6) is 0. The third-order valence-corrected chi connectivity index (χ3v) is 2.14. The van der Waals surface area contributed by atoms with E-state index in [4.69, 9.17) is 22.1 Å². The molecule has 0 saturated heterocycles. The number of benzene rings is 1. The minimum Gasteiger partial charge on any atom is -0.398 e. The molecule has 1 aromatic carbocycles. The number of hydrogen-bond acceptors (Lipinski definition) is 2. The molecule has 0 unspecified atom stereocenters. The Morgan fingerprint density at radius 1 is 1.46 bits per heavy atom. The zero-order chi connectivity index (χ0) is 9.68. The van der Waals surface area contributed by atoms with Crippen molar-refractivity contribution in [2.75, 3.05) is 19.5 Å². The van der Waals surface area contributed by atoms with Gasteiger partial charge < -0.3 is 10.5 Å². The molecule has 3 heteroatoms. The number of halogens is 1. The molecule has 0 aliphatic heterocycles. The number of rotatable bonds is 4. The van der Waals surface area contributed by atoms with Gasteiger partial charge in [-0.25, -0.2) is 0 Å². The summed E-state index contributed by atoms with van der Waals surface area (Å²) in [7, 11) is 1.70. The minimum atomic E-state index is 0.688. The molecule has 2 N–H and O–H groups in total. The van der Waals surface area contributed by atoms with Gasteiger partial charge in [-0.15, -0.1) is 0 Å². The first kappa shape index (κ1) is 10.4. The molecule has 0 spiro atoms. The number of nitrogen functional groups attached to an aromatic ring is 1. The van der Waals surface area contributed by atoms with Crippen molar-refractivity contribution in [3.8, 4) is 0 Å². The molecular weight excluding hydrogens is 186 g/mol. The third-order valence-electron chi connectivity index (χ3n) is 1.90. The lowest BCUT2D eigenvalue weighted by molar-refractivity contribution is 0.195. The SMILES string of the molecule is COCCCc1ccc(Cl)cc1N. The van der Waals surface area contributed by atoms with Crippen LogP contribution in [0.3, 0.4) is 0 Å². The second-order valence-electron chi connectivity index (χ2n) is 2.94. The summed E-state index contributed by atoms with van der Waals surface area (Å²) in [6.07, 6.45) is 1.93. The third kappa shape index (κ3) is 3.25. The summed E-state index contributed by atoms with van der Waals surface area (Å²) >= 11 is 5.77. The molecule has 1 aromatic rings. The summed E-state index contributed by atoms with van der Waals surface area (Å²) in [4.78, 5) is 0. The summed E-state index contributed by atoms with van der Waals surface area (Å²) in [6.45, 7) is 0.766. The number of ether oxygens (including phenoxy) is 1. The Bertz CT molecular complexity index is 276. The molecule has 2 nitrogen and oxygen atoms in total. The van der Waals surface area contributed by atoms with Crippen LogP contribution in [-0.2, 0) is 11.2 Å². The van der Waals surface area contributed by atoms with Gasteiger partial charge in [-0.3, -0.25) is 0 Å². The van der Waals surface area contributed by atoms with E-state index in [-0.39, 0.29) is 0 Å². The van der Waals surface area contributed by atoms with Crippen LogP contribution in [0.1, 0.15) is 12.0 Å². The normalized spacial score (nSPS) is 10.3. The quantitative estimate of drug-likeness (QED) is 0.598. The Kier molecular flexibility index (Phi) is 4.06. The van der Waals surface area contributed by atoms with Gasteiger partial charge in [0.05, 0.1) is 0 Å². The largest absolute Gasteiger partial charge is 0.398 e. The van der Waals surface area contributed by atoms with Crippen molar-refractivity contribution in [2.45, 2.75) is 12.8 Å². The van der Waals surface area contributed by atoms with Gasteiger partial charge in [-0.2, -0.15) is 0 Å². The lowest BCUT2D eigenvalue weighted by Crippen LogP contribution is -1.97. The Hall–Kier alpha value is -0.730. The van der Waals surface area contributed by atoms with E-state index >= 15 is 0 Å². The first-order valence-electron chi connectivity index (χ1n) is 4.27. The second-order valence-corrected chi connectivity index (χ2v) is 3.38. The zero-order valence-corrected chi connectivity index (χ0v) is 8.47. The van der Waals surface area contributed by atoms with Gasteiger partial charge in [0.1, 0.15) is 0 Å². The summed E-state index contributed by atoms with van der Waals surface area (Å²) in [6, 6.07) is 5.61. The van der Waals surface area contributed by atoms with E-state index in [9.17, 15) is 0 Å². The highest BCUT2D eigenvalue weighted by molar-refractivity contribution is 6.30. The number of methoxy groups -OCH3 is 1. The molecule has 0 radical (unpaired) electrons. The molecule has 72 valence electrons. The number of hydrogen-bond donors (Lipinski definition) is 1. The predicted molar refractivity (Wildman–Crippen MR) is 56.1 cm³/mol. The van der Waals surface area contributed by atoms with Crippen LogP contribution in [0.5, 0.6) is 0 Å². The topological polar surface area (TPSA) is 35.2 Å². The van der Waals surface area contributed by atoms with Gasteiger partial charge in [0, 0.05) is 24.4 Å². The average molecular weight is 200 g/mol. The van der Waals surface area contributed by atoms with Crippen LogP contribution in [0.25, 0.3) is 0 Å². The predicted octanol–water partition coefficient (Wildman–Crippen LogP) is 2.50. The Balaban J connectivity index is 2.56. The number of nitrogens with two attached hydrogens (primary N) is 1. The molecular formula is C10H14ClNO. The standard InChI is InChI=1S/C10H14ClNO/c1-13-6-2-3-8-4-5-9(11)7-10(8)12/h4-5,7H,2-3,6,12H2,1H3. The lowest BCUT2D eigenvalue weighted by atomic mass is 10.1. The first-order valence-corrected chi connectivity index (χ1v) is 4.64. The van der Waals surface area contributed by atoms with Gasteiger partial charge in [0.25, 0.3) is 0 Å². The highest BCUT2D eigenvalue weighted by Gasteiger charge is 1.99. The van der Waals surface area contributed by atoms with Crippen LogP contribution in [0, 0.1) is 0 Å². The lowest BCUT2D eigenvalue weighted by Gasteiger charge is -2.05. The Labute approximate surface area is 83.6 Å². The van der Waals surface area contributed by atoms with Gasteiger partial charge in [-0.05, 0) is 30.5 Å². The van der Waals surface area contributed by atoms with Crippen LogP contribution in [0.15, 0.2) is 18.2 Å². The van der Waals surface area contributed by atoms with Crippen molar-refractivity contribution < 1.29 is 4.74 Å². The molecule has 0 fully saturated rings. The van der Waals surface area contributed by atoms with Crippen LogP contribution < -0.4 is 5.73 Å². The van der Waals surface area contributed by atoms with Gasteiger partial charge in [-0.1, -0.05) is 17.7 Å². The van der Waals surface area contributed by atoms with Crippen LogP contribution in [0.4, 0.5) is 5.69 Å². The maximum absolute atomic E-state index is 5.78. The van der Waals surface area contributed by atoms with E-state index in [1.807, 2.05) is 12.1 Å². The van der Waals surface area contributed by atoms with E-state index in [2.05, 4.69) is 0 Å². The van der Waals surface area contributed by atoms with Crippen molar-refractivity contribution in [3.05, 3.63) is 28.8 Å². The second kappa shape index (κ2) is 5.10. The summed E-state index contributed by atoms with van der Waals surface area (Å²) < 4.78 is 4.96. The highest BCUT2D eigenvalue weighted by Crippen LogP contribution is 2.19. The minimum absolute atomic E-state index is 0.688. The molecule has 0 aliphatic carbocycles. The average Bonchev–Trinajstić information content (AvgIpc) is 2.09. The van der Waals surface area contributed by atoms with Gasteiger partial charge in [0.2, 0.25) is 0 Å². The smallest absolute Gasteiger partial charge is 0.0465 e. The fourth-order valence-corrected chi connectivity index (χ4v) is 1.38. The molecule has 0 saturated carbocycles. The molecule has 0 atom stereocenters. The van der Waals surface area contributed by atoms with Crippen molar-refractivity contribution in [1.82, 2.24) is 0 Å². The summed E-state index contributed by atoms with van der Waals surface area (Å²) in [5.41, 5.74) is 7.69. The van der Waals surface area contributed by atoms with E-state index < -0.39 is 0 Å². The molecule has 0 heterocycles. The van der Waals surface area contributed by atoms with E-state index in [0.29, 0.717) is 5.02 Å². The highest BCUT2D eigenvalue weighted by atomic mass is 35.5. The molecule has 0 aromatic heterocycles. The van der Waals surface area contributed by atoms with Crippen LogP contribution in [0.2, 0.25) is 5.02 Å². The molecule has 1 rings (SSSR count). The van der Waals surface area contributed by atoms with Crippen molar-refractivity contribution in [3.63, 3.8) is 0 Å². The van der Waals surface area contributed by atoms with E-state index in [1.54, 1.807) is 13.2 Å². The molecule has 0 aliphatic rings. The number of anilines is 1. The van der Waals surface area contributed by atoms with E-state index in [1.165, 1.54) is 0 Å². The Morgan fingerprint density at radius 2 is 2.23 bits per heavy atom. The van der Waals surface area contributed by atoms with Gasteiger partial charge >= 0.3 is 0 Å². The molecule has 0 amide bonds. The molecule has 13 heavy (non-hydrogen) atoms. The molecule has 0 bridgehead atoms. The van der Waals surface area contributed by atoms with Crippen molar-refractivity contribution in [1.29, 1.82) is 0 Å². The number of aryl methyl sites for hydroxylation is 1. The maximum Gasteiger partial charge on any atom is 0.0465 e. The maximum atomic E-state index is 5.78. The van der Waals surface area contributed by atoms with Crippen LogP contribution in [-0.4, -0.2) is 13.7 Å². The fraction of sp³-hybridized carbons (Fsp3) is 0.400. The first-order chi connectivity index (χ1) is 6.24. The van der Waals surface area contributed by atoms with Crippen LogP contribution >= 0.6 is 11.6 Å². The summed E-state index contributed by atoms with van der Waals surface area (Å²) in [5, 5.41) is 0.688. The van der Waals surface area contributed by atoms with Crippen molar-refractivity contribution >= 4 is 17.3 Å². The monoisotopic (exact) mass is 199 g/mol. The Morgan fingerprint density at radius 3 is 2.85 bits per heavy atom. The van der Waals surface area contributed by atoms with Gasteiger partial charge in [0.15, 0.2) is 0 Å². The van der Waals surface area contributed by atoms with E-state index in [0.717, 1.165) is 30.7 Å². The fourth-order valence-electron chi connectivity index (χ4n) is 1.20. The van der Waals surface area contributed by atoms with Crippen molar-refractivity contribution in [2.24, 2.45) is 0 Å².